The molecule has 0 saturated heterocycles. The van der Waals surface area contributed by atoms with Crippen molar-refractivity contribution >= 4 is 39.5 Å². The van der Waals surface area contributed by atoms with Crippen molar-refractivity contribution in [1.29, 1.82) is 0 Å². The molecule has 5 aromatic carbocycles. The number of fused-ring (bicyclic) bond motifs is 3. The first kappa shape index (κ1) is 28.1. The van der Waals surface area contributed by atoms with Crippen LogP contribution in [0.25, 0.3) is 11.1 Å². The SMILES string of the molecule is CCN(CC)c1ccc(P(=C2c3ccccc3-c3ccccc32)(c2ccccc2)c2ccc(N(CC)CC)cc2)cc1. The molecule has 3 heteroatoms. The first-order valence-electron chi connectivity index (χ1n) is 15.4. The molecule has 0 amide bonds. The average Bonchev–Trinajstić information content (AvgIpc) is 3.39. The van der Waals surface area contributed by atoms with Crippen LogP contribution in [0.2, 0.25) is 0 Å². The van der Waals surface area contributed by atoms with Crippen molar-refractivity contribution in [3.05, 3.63) is 139 Å². The van der Waals surface area contributed by atoms with Crippen LogP contribution in [-0.2, 0) is 0 Å². The number of hydrogen-bond acceptors (Lipinski definition) is 2. The van der Waals surface area contributed by atoms with E-state index in [0.717, 1.165) is 26.2 Å². The summed E-state index contributed by atoms with van der Waals surface area (Å²) >= 11 is 0. The van der Waals surface area contributed by atoms with Gasteiger partial charge in [-0.15, -0.1) is 0 Å². The minimum Gasteiger partial charge on any atom is -0.372 e. The summed E-state index contributed by atoms with van der Waals surface area (Å²) in [4.78, 5) is 4.86. The van der Waals surface area contributed by atoms with E-state index >= 15 is 0 Å². The second-order valence-corrected chi connectivity index (χ2v) is 14.2. The van der Waals surface area contributed by atoms with Gasteiger partial charge in [-0.25, -0.2) is 0 Å². The van der Waals surface area contributed by atoms with E-state index in [1.807, 2.05) is 0 Å². The summed E-state index contributed by atoms with van der Waals surface area (Å²) in [6.45, 7) is 10.6. The maximum atomic E-state index is 2.43. The Morgan fingerprint density at radius 2 is 0.714 bits per heavy atom. The fourth-order valence-electron chi connectivity index (χ4n) is 6.79. The lowest BCUT2D eigenvalue weighted by Crippen LogP contribution is -2.31. The summed E-state index contributed by atoms with van der Waals surface area (Å²) in [6.07, 6.45) is 0. The quantitative estimate of drug-likeness (QED) is 0.164. The van der Waals surface area contributed by atoms with Crippen LogP contribution in [0.3, 0.4) is 0 Å². The minimum atomic E-state index is -2.32. The van der Waals surface area contributed by atoms with Crippen molar-refractivity contribution in [2.75, 3.05) is 36.0 Å². The molecular formula is C39H41N2P. The maximum absolute atomic E-state index is 2.43. The summed E-state index contributed by atoms with van der Waals surface area (Å²) in [6, 6.07) is 48.4. The molecule has 42 heavy (non-hydrogen) atoms. The van der Waals surface area contributed by atoms with Crippen molar-refractivity contribution in [2.24, 2.45) is 0 Å². The Kier molecular flexibility index (Phi) is 8.09. The summed E-state index contributed by atoms with van der Waals surface area (Å²) in [5.41, 5.74) is 7.95. The van der Waals surface area contributed by atoms with Crippen LogP contribution < -0.4 is 25.7 Å². The van der Waals surface area contributed by atoms with E-state index in [9.17, 15) is 0 Å². The number of anilines is 2. The highest BCUT2D eigenvalue weighted by atomic mass is 31.2. The summed E-state index contributed by atoms with van der Waals surface area (Å²) < 4.78 is 0. The standard InChI is InChI=1S/C39H41N2P/c1-5-40(6-2)30-22-26-33(27-23-30)42(32-16-10-9-11-17-32,34-28-24-31(25-29-34)41(7-3)8-4)39-37-20-14-12-18-35(37)36-19-13-15-21-38(36)39/h9-29H,5-8H2,1-4H3. The normalized spacial score (nSPS) is 12.1. The first-order valence-corrected chi connectivity index (χ1v) is 17.2. The van der Waals surface area contributed by atoms with Gasteiger partial charge in [-0.05, 0) is 97.0 Å². The van der Waals surface area contributed by atoms with Crippen molar-refractivity contribution in [1.82, 2.24) is 0 Å². The Balaban J connectivity index is 1.77. The zero-order valence-electron chi connectivity index (χ0n) is 25.3. The first-order chi connectivity index (χ1) is 20.7. The van der Waals surface area contributed by atoms with Gasteiger partial charge in [-0.2, -0.15) is 0 Å². The fourth-order valence-corrected chi connectivity index (χ4v) is 11.4. The van der Waals surface area contributed by atoms with E-state index in [1.54, 1.807) is 0 Å². The van der Waals surface area contributed by atoms with Crippen LogP contribution in [0.5, 0.6) is 0 Å². The highest BCUT2D eigenvalue weighted by molar-refractivity contribution is 7.96. The molecule has 0 bridgehead atoms. The topological polar surface area (TPSA) is 6.48 Å². The Labute approximate surface area is 252 Å². The van der Waals surface area contributed by atoms with E-state index in [2.05, 4.69) is 165 Å². The molecule has 0 radical (unpaired) electrons. The van der Waals surface area contributed by atoms with Gasteiger partial charge in [-0.3, -0.25) is 0 Å². The number of nitrogens with zero attached hydrogens (tertiary/aromatic N) is 2. The number of rotatable bonds is 9. The third-order valence-electron chi connectivity index (χ3n) is 8.86. The molecule has 0 spiro atoms. The minimum absolute atomic E-state index is 1.000. The van der Waals surface area contributed by atoms with Crippen LogP contribution >= 0.6 is 6.89 Å². The smallest absolute Gasteiger partial charge is 0.0366 e. The molecule has 6 rings (SSSR count). The van der Waals surface area contributed by atoms with Gasteiger partial charge in [0.2, 0.25) is 0 Å². The zero-order chi connectivity index (χ0) is 29.1. The number of benzene rings is 5. The lowest BCUT2D eigenvalue weighted by molar-refractivity contribution is 0.866. The van der Waals surface area contributed by atoms with Gasteiger partial charge in [-0.1, -0.05) is 103 Å². The van der Waals surface area contributed by atoms with E-state index in [0.29, 0.717) is 0 Å². The molecule has 0 heterocycles. The molecule has 1 aliphatic carbocycles. The van der Waals surface area contributed by atoms with Crippen molar-refractivity contribution in [3.63, 3.8) is 0 Å². The van der Waals surface area contributed by atoms with Crippen molar-refractivity contribution < 1.29 is 0 Å². The highest BCUT2D eigenvalue weighted by Crippen LogP contribution is 2.54. The predicted octanol–water partition coefficient (Wildman–Crippen LogP) is 7.92. The summed E-state index contributed by atoms with van der Waals surface area (Å²) in [5.74, 6) is 0. The van der Waals surface area contributed by atoms with Crippen molar-refractivity contribution in [2.45, 2.75) is 27.7 Å². The van der Waals surface area contributed by atoms with Gasteiger partial charge in [0.1, 0.15) is 0 Å². The molecule has 1 aliphatic rings. The van der Waals surface area contributed by atoms with Crippen molar-refractivity contribution in [3.8, 4) is 11.1 Å². The van der Waals surface area contributed by atoms with Gasteiger partial charge >= 0.3 is 0 Å². The average molecular weight is 569 g/mol. The number of hydrogen-bond donors (Lipinski definition) is 0. The van der Waals surface area contributed by atoms with Crippen LogP contribution in [0.4, 0.5) is 11.4 Å². The maximum Gasteiger partial charge on any atom is 0.0366 e. The van der Waals surface area contributed by atoms with Gasteiger partial charge < -0.3 is 9.80 Å². The van der Waals surface area contributed by atoms with Gasteiger partial charge in [0, 0.05) is 42.8 Å². The second-order valence-electron chi connectivity index (χ2n) is 10.8. The van der Waals surface area contributed by atoms with E-state index in [4.69, 9.17) is 0 Å². The zero-order valence-corrected chi connectivity index (χ0v) is 26.2. The second kappa shape index (κ2) is 12.1. The van der Waals surface area contributed by atoms with Crippen LogP contribution in [0, 0.1) is 0 Å². The molecule has 0 fully saturated rings. The predicted molar refractivity (Wildman–Crippen MR) is 187 cm³/mol. The molecule has 0 aliphatic heterocycles. The largest absolute Gasteiger partial charge is 0.372 e. The summed E-state index contributed by atoms with van der Waals surface area (Å²) in [7, 11) is 0. The molecule has 2 nitrogen and oxygen atoms in total. The summed E-state index contributed by atoms with van der Waals surface area (Å²) in [5, 5.41) is 5.63. The Morgan fingerprint density at radius 3 is 1.10 bits per heavy atom. The lowest BCUT2D eigenvalue weighted by Gasteiger charge is -2.33. The van der Waals surface area contributed by atoms with Crippen LogP contribution in [-0.4, -0.2) is 31.5 Å². The Bertz CT molecular complexity index is 1600. The Hall–Kier alpha value is -4.00. The van der Waals surface area contributed by atoms with Gasteiger partial charge in [0.15, 0.2) is 0 Å². The molecule has 0 atom stereocenters. The highest BCUT2D eigenvalue weighted by Gasteiger charge is 2.36. The third kappa shape index (κ3) is 4.59. The lowest BCUT2D eigenvalue weighted by atomic mass is 10.1. The third-order valence-corrected chi connectivity index (χ3v) is 13.2. The molecule has 0 saturated carbocycles. The van der Waals surface area contributed by atoms with Gasteiger partial charge in [0.05, 0.1) is 0 Å². The van der Waals surface area contributed by atoms with Crippen LogP contribution in [0.15, 0.2) is 127 Å². The Morgan fingerprint density at radius 1 is 0.381 bits per heavy atom. The molecule has 212 valence electrons. The van der Waals surface area contributed by atoms with E-state index < -0.39 is 6.89 Å². The molecule has 5 aromatic rings. The monoisotopic (exact) mass is 568 g/mol. The van der Waals surface area contributed by atoms with E-state index in [1.165, 1.54) is 54.8 Å². The fraction of sp³-hybridized carbons (Fsp3) is 0.205. The molecule has 0 unspecified atom stereocenters. The van der Waals surface area contributed by atoms with Gasteiger partial charge in [0.25, 0.3) is 0 Å². The van der Waals surface area contributed by atoms with E-state index in [-0.39, 0.29) is 0 Å². The molecule has 0 aromatic heterocycles. The van der Waals surface area contributed by atoms with Crippen LogP contribution in [0.1, 0.15) is 38.8 Å². The molecule has 0 N–H and O–H groups in total. The molecular weight excluding hydrogens is 527 g/mol.